The summed E-state index contributed by atoms with van der Waals surface area (Å²) in [7, 11) is 2.14. The van der Waals surface area contributed by atoms with Crippen molar-refractivity contribution < 1.29 is 14.5 Å². The molecule has 6 nitrogen and oxygen atoms in total. The number of nitrogens with zero attached hydrogens (tertiary/aromatic N) is 2. The fraction of sp³-hybridized carbons (Fsp3) is 0.533. The predicted octanol–water partition coefficient (Wildman–Crippen LogP) is 2.38. The molecule has 0 radical (unpaired) electrons. The van der Waals surface area contributed by atoms with Gasteiger partial charge in [0.2, 0.25) is 0 Å². The number of benzene rings is 1. The van der Waals surface area contributed by atoms with Crippen LogP contribution in [0.5, 0.6) is 0 Å². The third-order valence-corrected chi connectivity index (χ3v) is 4.64. The first-order valence-corrected chi connectivity index (χ1v) is 7.22. The molecule has 0 N–H and O–H groups in total. The minimum atomic E-state index is -0.482. The second-order valence-corrected chi connectivity index (χ2v) is 5.85. The quantitative estimate of drug-likeness (QED) is 0.485. The Morgan fingerprint density at radius 3 is 2.33 bits per heavy atom. The molecule has 0 aliphatic carbocycles. The van der Waals surface area contributed by atoms with Gasteiger partial charge in [-0.2, -0.15) is 0 Å². The Bertz CT molecular complexity index is 543. The van der Waals surface area contributed by atoms with Gasteiger partial charge in [0.25, 0.3) is 5.69 Å². The van der Waals surface area contributed by atoms with Gasteiger partial charge >= 0.3 is 5.97 Å². The summed E-state index contributed by atoms with van der Waals surface area (Å²) in [5.41, 5.74) is 0.343. The largest absolute Gasteiger partial charge is 0.459 e. The Labute approximate surface area is 122 Å². The molecule has 2 aliphatic rings. The van der Waals surface area contributed by atoms with Crippen LogP contribution < -0.4 is 0 Å². The van der Waals surface area contributed by atoms with Crippen molar-refractivity contribution in [1.29, 1.82) is 0 Å². The molecule has 21 heavy (non-hydrogen) atoms. The van der Waals surface area contributed by atoms with Gasteiger partial charge < -0.3 is 9.64 Å². The molecule has 0 amide bonds. The highest BCUT2D eigenvalue weighted by Crippen LogP contribution is 2.35. The number of esters is 1. The van der Waals surface area contributed by atoms with Gasteiger partial charge in [0.15, 0.2) is 0 Å². The minimum absolute atomic E-state index is 0.0242. The van der Waals surface area contributed by atoms with Gasteiger partial charge in [-0.1, -0.05) is 0 Å². The van der Waals surface area contributed by atoms with Crippen LogP contribution in [0.25, 0.3) is 0 Å². The predicted molar refractivity (Wildman–Crippen MR) is 76.1 cm³/mol. The summed E-state index contributed by atoms with van der Waals surface area (Å²) in [4.78, 5) is 24.6. The van der Waals surface area contributed by atoms with E-state index in [4.69, 9.17) is 4.74 Å². The van der Waals surface area contributed by atoms with E-state index in [0.29, 0.717) is 17.6 Å². The molecule has 1 aromatic rings. The van der Waals surface area contributed by atoms with Crippen molar-refractivity contribution in [3.05, 3.63) is 39.9 Å². The van der Waals surface area contributed by atoms with Crippen molar-refractivity contribution in [2.45, 2.75) is 43.9 Å². The molecule has 1 unspecified atom stereocenters. The third kappa shape index (κ3) is 2.76. The summed E-state index contributed by atoms with van der Waals surface area (Å²) < 4.78 is 5.57. The maximum Gasteiger partial charge on any atom is 0.338 e. The number of non-ortho nitro benzene ring substituents is 1. The average molecular weight is 290 g/mol. The van der Waals surface area contributed by atoms with E-state index in [1.807, 2.05) is 0 Å². The molecule has 3 rings (SSSR count). The van der Waals surface area contributed by atoms with Crippen LogP contribution in [0, 0.1) is 10.1 Å². The van der Waals surface area contributed by atoms with Gasteiger partial charge in [0.1, 0.15) is 6.10 Å². The zero-order valence-electron chi connectivity index (χ0n) is 11.9. The summed E-state index contributed by atoms with van der Waals surface area (Å²) in [6.45, 7) is 0. The lowest BCUT2D eigenvalue weighted by atomic mass is 10.0. The molecular formula is C15H18N2O4. The topological polar surface area (TPSA) is 72.7 Å². The van der Waals surface area contributed by atoms with Crippen LogP contribution in [-0.4, -0.2) is 41.0 Å². The lowest BCUT2D eigenvalue weighted by Crippen LogP contribution is -2.43. The molecule has 6 heteroatoms. The molecule has 2 fully saturated rings. The first-order valence-electron chi connectivity index (χ1n) is 7.22. The number of nitro groups is 1. The van der Waals surface area contributed by atoms with Crippen molar-refractivity contribution in [3.8, 4) is 0 Å². The highest BCUT2D eigenvalue weighted by atomic mass is 16.6. The minimum Gasteiger partial charge on any atom is -0.459 e. The number of piperidine rings is 1. The summed E-state index contributed by atoms with van der Waals surface area (Å²) in [6.07, 6.45) is 4.07. The van der Waals surface area contributed by atoms with Gasteiger partial charge in [0, 0.05) is 37.1 Å². The maximum absolute atomic E-state index is 12.1. The van der Waals surface area contributed by atoms with Crippen LogP contribution in [0.15, 0.2) is 24.3 Å². The van der Waals surface area contributed by atoms with Crippen LogP contribution >= 0.6 is 0 Å². The molecule has 2 heterocycles. The smallest absolute Gasteiger partial charge is 0.338 e. The standard InChI is InChI=1S/C15H18N2O4/c1-16-12-6-7-13(16)9-14(8-12)21-15(18)10-2-4-11(5-3-10)17(19)20/h2-5,12-14H,6-9H2,1H3/t12-,13+,14?. The number of carbonyl (C=O) groups is 1. The lowest BCUT2D eigenvalue weighted by molar-refractivity contribution is -0.384. The first-order chi connectivity index (χ1) is 10.0. The summed E-state index contributed by atoms with van der Waals surface area (Å²) in [5.74, 6) is -0.390. The number of carbonyl (C=O) groups excluding carboxylic acids is 1. The number of nitro benzene ring substituents is 1. The van der Waals surface area contributed by atoms with E-state index in [1.165, 1.54) is 37.1 Å². The van der Waals surface area contributed by atoms with Gasteiger partial charge in [-0.05, 0) is 32.0 Å². The number of hydrogen-bond acceptors (Lipinski definition) is 5. The van der Waals surface area contributed by atoms with Crippen LogP contribution in [0.4, 0.5) is 5.69 Å². The van der Waals surface area contributed by atoms with Crippen molar-refractivity contribution in [2.24, 2.45) is 0 Å². The van der Waals surface area contributed by atoms with E-state index < -0.39 is 4.92 Å². The summed E-state index contributed by atoms with van der Waals surface area (Å²) in [6, 6.07) is 6.58. The van der Waals surface area contributed by atoms with Crippen molar-refractivity contribution in [1.82, 2.24) is 4.90 Å². The van der Waals surface area contributed by atoms with Crippen molar-refractivity contribution in [3.63, 3.8) is 0 Å². The third-order valence-electron chi connectivity index (χ3n) is 4.64. The van der Waals surface area contributed by atoms with Crippen LogP contribution in [0.3, 0.4) is 0 Å². The van der Waals surface area contributed by atoms with E-state index in [0.717, 1.165) is 12.8 Å². The SMILES string of the molecule is CN1[C@@H]2CC[C@H]1CC(OC(=O)c1ccc([N+](=O)[O-])cc1)C2. The molecule has 2 saturated heterocycles. The second kappa shape index (κ2) is 5.44. The molecule has 0 spiro atoms. The summed E-state index contributed by atoms with van der Waals surface area (Å²) in [5, 5.41) is 10.6. The number of ether oxygens (including phenoxy) is 1. The Kier molecular flexibility index (Phi) is 3.63. The lowest BCUT2D eigenvalue weighted by Gasteiger charge is -2.35. The average Bonchev–Trinajstić information content (AvgIpc) is 2.69. The van der Waals surface area contributed by atoms with Crippen LogP contribution in [-0.2, 0) is 4.74 Å². The maximum atomic E-state index is 12.1. The fourth-order valence-electron chi connectivity index (χ4n) is 3.40. The monoisotopic (exact) mass is 290 g/mol. The first kappa shape index (κ1) is 14.0. The van der Waals surface area contributed by atoms with Crippen molar-refractivity contribution in [2.75, 3.05) is 7.05 Å². The molecule has 1 aromatic carbocycles. The van der Waals surface area contributed by atoms with E-state index in [9.17, 15) is 14.9 Å². The molecule has 0 saturated carbocycles. The molecule has 2 bridgehead atoms. The van der Waals surface area contributed by atoms with Crippen LogP contribution in [0.1, 0.15) is 36.0 Å². The van der Waals surface area contributed by atoms with Crippen LogP contribution in [0.2, 0.25) is 0 Å². The highest BCUT2D eigenvalue weighted by Gasteiger charge is 2.39. The Morgan fingerprint density at radius 2 is 1.81 bits per heavy atom. The Hall–Kier alpha value is -1.95. The molecule has 0 aromatic heterocycles. The van der Waals surface area contributed by atoms with E-state index in [1.54, 1.807) is 0 Å². The van der Waals surface area contributed by atoms with Gasteiger partial charge in [0.05, 0.1) is 10.5 Å². The number of rotatable bonds is 3. The number of fused-ring (bicyclic) bond motifs is 2. The van der Waals surface area contributed by atoms with E-state index >= 15 is 0 Å². The van der Waals surface area contributed by atoms with E-state index in [-0.39, 0.29) is 17.8 Å². The Balaban J connectivity index is 1.63. The highest BCUT2D eigenvalue weighted by molar-refractivity contribution is 5.89. The van der Waals surface area contributed by atoms with Crippen molar-refractivity contribution >= 4 is 11.7 Å². The molecule has 2 aliphatic heterocycles. The molecule has 3 atom stereocenters. The number of hydrogen-bond donors (Lipinski definition) is 0. The van der Waals surface area contributed by atoms with E-state index in [2.05, 4.69) is 11.9 Å². The normalized spacial score (nSPS) is 28.3. The zero-order chi connectivity index (χ0) is 15.0. The molecular weight excluding hydrogens is 272 g/mol. The molecule has 112 valence electrons. The zero-order valence-corrected chi connectivity index (χ0v) is 11.9. The summed E-state index contributed by atoms with van der Waals surface area (Å²) >= 11 is 0. The fourth-order valence-corrected chi connectivity index (χ4v) is 3.40. The van der Waals surface area contributed by atoms with Gasteiger partial charge in [-0.15, -0.1) is 0 Å². The van der Waals surface area contributed by atoms with Gasteiger partial charge in [-0.3, -0.25) is 10.1 Å². The second-order valence-electron chi connectivity index (χ2n) is 5.85. The van der Waals surface area contributed by atoms with Gasteiger partial charge in [-0.25, -0.2) is 4.79 Å². The Morgan fingerprint density at radius 1 is 1.24 bits per heavy atom.